The van der Waals surface area contributed by atoms with Crippen LogP contribution in [0.5, 0.6) is 0 Å². The maximum atomic E-state index is 13.8. The molecule has 26 heteroatoms. The lowest BCUT2D eigenvalue weighted by molar-refractivity contribution is -0.139. The number of likely N-dealkylation sites (N-methyl/N-ethyl adjacent to an activating group) is 2. The number of hydrogen-bond donors (Lipinski definition) is 1. The fraction of sp³-hybridized carbons (Fsp3) is 0.395. The van der Waals surface area contributed by atoms with Crippen LogP contribution in [0.1, 0.15) is 202 Å². The van der Waals surface area contributed by atoms with E-state index >= 15 is 0 Å². The Morgan fingerprint density at radius 3 is 1.08 bits per heavy atom. The van der Waals surface area contributed by atoms with Crippen LogP contribution in [0, 0.1) is 67.0 Å². The minimum Gasteiger partial charge on any atom is -0.510 e. The summed E-state index contributed by atoms with van der Waals surface area (Å²) in [5, 5.41) is 17.2. The first kappa shape index (κ1) is 103. The number of hydrogen-bond acceptors (Lipinski definition) is 17. The summed E-state index contributed by atoms with van der Waals surface area (Å²) in [7, 11) is 6.33. The van der Waals surface area contributed by atoms with E-state index in [1.54, 1.807) is 45.3 Å². The van der Waals surface area contributed by atoms with Gasteiger partial charge in [0.1, 0.15) is 36.0 Å². The molecule has 0 fully saturated rings. The van der Waals surface area contributed by atoms with Gasteiger partial charge in [0.15, 0.2) is 23.2 Å². The topological polar surface area (TPSA) is 196 Å². The van der Waals surface area contributed by atoms with Gasteiger partial charge in [0.05, 0.1) is 79.6 Å². The molecule has 140 heavy (non-hydrogen) atoms. The first-order valence-electron chi connectivity index (χ1n) is 48.0. The summed E-state index contributed by atoms with van der Waals surface area (Å²) in [5.41, 5.74) is 26.9. The number of anilines is 6. The molecule has 10 heterocycles. The second-order valence-electron chi connectivity index (χ2n) is 41.9. The molecule has 0 amide bonds. The molecule has 0 saturated heterocycles. The van der Waals surface area contributed by atoms with Gasteiger partial charge >= 0.3 is 0 Å². The van der Waals surface area contributed by atoms with Crippen molar-refractivity contribution in [3.8, 4) is 44.5 Å². The third-order valence-corrected chi connectivity index (χ3v) is 27.3. The van der Waals surface area contributed by atoms with Gasteiger partial charge in [-0.05, 0) is 326 Å². The number of aryl methyl sites for hydroxylation is 4. The van der Waals surface area contributed by atoms with Gasteiger partial charge in [0, 0.05) is 166 Å². The molecule has 0 radical (unpaired) electrons. The van der Waals surface area contributed by atoms with Crippen molar-refractivity contribution in [2.24, 2.45) is 0 Å². The highest BCUT2D eigenvalue weighted by Crippen LogP contribution is 2.56. The summed E-state index contributed by atoms with van der Waals surface area (Å²) in [6.45, 7) is 59.0. The fourth-order valence-corrected chi connectivity index (χ4v) is 21.2. The number of aliphatic hydroxyl groups is 1. The standard InChI is InChI=1S/C30H40ClN3O2.C29H30ClFN4O2.C29H31ClN4O2.C26H31FN2O2/c1-18-16-24-26(22-10-12-23(31)13-11-22)25(29(21(4)35)36-30(5,6)7)20(3)27-28(24)34(18)17-19(2)33(27)15-14-32(8)9;1-16-13-22-24(19-7-9-20(30)10-8-19)23(27(18(3)36)37-29(4,5)6)17(2)25-26(22)34(16)11-12-35(25)28-32-14-21(31)15-33-28;1-17-16-22-24(20-8-10-21(30)11-9-20)23(27(19(3)35)36-29(4,5)6)18(2)25-26(22)33(17)14-15-34(25)28-31-12-7-13-32-28;1-15-14-20-22(18-8-10-19(27)11-9-18)21(25(17(3)30)31-26(4,5)6)16(2)23-24(20)29(15)13-12-28(23)7/h10-13,16,19,29,35H,4,14-15,17H2,1-3,5-9H3;7-10,13-15,27H,11-12H2,1-6H3;7-13,16,27H,14-15H2,1-6H3;8-11,14,25H,12-13H2,1-7H3/t19-,29-;2*27-;25-/m1111/s1. The van der Waals surface area contributed by atoms with Crippen molar-refractivity contribution in [1.82, 2.24) is 43.1 Å². The summed E-state index contributed by atoms with van der Waals surface area (Å²) in [5.74, 6) is 0.137. The molecule has 736 valence electrons. The Labute approximate surface area is 837 Å². The Kier molecular flexibility index (Phi) is 29.4. The first-order valence-corrected chi connectivity index (χ1v) is 49.2. The van der Waals surface area contributed by atoms with Crippen molar-refractivity contribution in [2.75, 3.05) is 73.5 Å². The monoisotopic (exact) mass is 1950 g/mol. The van der Waals surface area contributed by atoms with Crippen molar-refractivity contribution in [2.45, 2.75) is 245 Å². The third-order valence-electron chi connectivity index (χ3n) is 26.6. The molecule has 0 aliphatic carbocycles. The molecule has 5 atom stereocenters. The molecule has 0 saturated carbocycles. The quantitative estimate of drug-likeness (QED) is 0.0666. The molecular formula is C114H132Cl3F2N13O8. The van der Waals surface area contributed by atoms with Gasteiger partial charge in [-0.25, -0.2) is 28.7 Å². The molecule has 4 aliphatic rings. The lowest BCUT2D eigenvalue weighted by Crippen LogP contribution is -2.44. The van der Waals surface area contributed by atoms with Gasteiger partial charge in [0.25, 0.3) is 0 Å². The van der Waals surface area contributed by atoms with Crippen LogP contribution in [0.25, 0.3) is 88.1 Å². The number of rotatable bonds is 21. The molecule has 14 aromatic rings. The lowest BCUT2D eigenvalue weighted by Gasteiger charge is -2.40. The number of Topliss-reactive ketones (excluding diaryl/α,β-unsaturated/α-hetero) is 3. The number of nitrogens with zero attached hydrogens (tertiary/aromatic N) is 13. The average Bonchev–Trinajstić information content (AvgIpc) is 1.53. The van der Waals surface area contributed by atoms with Crippen LogP contribution in [0.2, 0.25) is 15.1 Å². The lowest BCUT2D eigenvalue weighted by atomic mass is 9.86. The van der Waals surface area contributed by atoms with Crippen LogP contribution in [0.15, 0.2) is 165 Å². The number of carbonyl (C=O) groups is 3. The van der Waals surface area contributed by atoms with Crippen LogP contribution in [0.3, 0.4) is 0 Å². The second kappa shape index (κ2) is 40.0. The minimum atomic E-state index is -0.798. The zero-order valence-corrected chi connectivity index (χ0v) is 88.2. The highest BCUT2D eigenvalue weighted by Gasteiger charge is 2.42. The SMILES string of the molecule is C=C(O)[C@@H](OC(C)(C)C)c1c(C)c2c3c(cc(C)n3C[C@@H](C)N2CCN(C)C)c1-c1ccc(Cl)cc1.CC(=O)[C@@H](OC(C)(C)C)c1c(C)c2c3c(cc(C)n3CCN2C)c1-c1ccc(F)cc1.CC(=O)[C@@H](OC(C)(C)C)c1c(C)c2c3c(cc(C)n3CCN2c2ncc(F)cn2)c1-c1ccc(Cl)cc1.CC(=O)[C@@H](OC(C)(C)C)c1c(C)c2c3c(cc(C)n3CCN2c2ncccn2)c1-c1ccc(Cl)cc1. The molecule has 0 spiro atoms. The van der Waals surface area contributed by atoms with E-state index in [1.165, 1.54) is 58.3 Å². The van der Waals surface area contributed by atoms with E-state index in [4.69, 9.17) is 53.8 Å². The van der Waals surface area contributed by atoms with E-state index in [0.29, 0.717) is 39.6 Å². The third kappa shape index (κ3) is 20.6. The smallest absolute Gasteiger partial charge is 0.230 e. The maximum absolute atomic E-state index is 13.8. The highest BCUT2D eigenvalue weighted by atomic mass is 35.5. The Bertz CT molecular complexity index is 7100. The molecule has 21 nitrogen and oxygen atoms in total. The molecule has 0 bridgehead atoms. The molecule has 0 unspecified atom stereocenters. The largest absolute Gasteiger partial charge is 0.510 e. The van der Waals surface area contributed by atoms with E-state index in [0.717, 1.165) is 197 Å². The second-order valence-corrected chi connectivity index (χ2v) is 43.2. The summed E-state index contributed by atoms with van der Waals surface area (Å²) in [6.07, 6.45) is 2.96. The van der Waals surface area contributed by atoms with Gasteiger partial charge in [-0.3, -0.25) is 14.4 Å². The number of benzene rings is 8. The number of halogens is 5. The molecule has 4 aliphatic heterocycles. The number of aliphatic hydroxyl groups excluding tert-OH is 1. The molecular weight excluding hydrogens is 1820 g/mol. The number of aromatic nitrogens is 8. The molecule has 8 aromatic carbocycles. The van der Waals surface area contributed by atoms with Gasteiger partial charge in [-0.15, -0.1) is 0 Å². The summed E-state index contributed by atoms with van der Waals surface area (Å²) in [6, 6.07) is 41.0. The zero-order valence-electron chi connectivity index (χ0n) is 85.9. The van der Waals surface area contributed by atoms with E-state index < -0.39 is 52.6 Å². The predicted molar refractivity (Wildman–Crippen MR) is 567 cm³/mol. The number of ether oxygens (including phenoxy) is 4. The van der Waals surface area contributed by atoms with Gasteiger partial charge in [-0.2, -0.15) is 0 Å². The minimum absolute atomic E-state index is 0.00893. The Balaban J connectivity index is 0.000000141. The normalized spacial score (nSPS) is 15.1. The van der Waals surface area contributed by atoms with Gasteiger partial charge in [-0.1, -0.05) is 89.9 Å². The number of ketones is 3. The first-order chi connectivity index (χ1) is 65.8. The predicted octanol–water partition coefficient (Wildman–Crippen LogP) is 27.3. The number of carbonyl (C=O) groups excluding carboxylic acids is 3. The van der Waals surface area contributed by atoms with E-state index in [1.807, 2.05) is 162 Å². The zero-order chi connectivity index (χ0) is 102. The van der Waals surface area contributed by atoms with Crippen molar-refractivity contribution in [3.05, 3.63) is 259 Å². The molecule has 1 N–H and O–H groups in total. The van der Waals surface area contributed by atoms with Crippen molar-refractivity contribution in [3.63, 3.8) is 0 Å². The van der Waals surface area contributed by atoms with Crippen molar-refractivity contribution < 1.29 is 47.2 Å². The van der Waals surface area contributed by atoms with Gasteiger partial charge < -0.3 is 66.8 Å². The van der Waals surface area contributed by atoms with Crippen molar-refractivity contribution >= 4 is 130 Å². The summed E-state index contributed by atoms with van der Waals surface area (Å²) in [4.78, 5) is 68.2. The maximum Gasteiger partial charge on any atom is 0.230 e. The van der Waals surface area contributed by atoms with E-state index in [2.05, 4.69) is 177 Å². The molecule has 6 aromatic heterocycles. The van der Waals surface area contributed by atoms with Crippen LogP contribution in [-0.4, -0.2) is 148 Å². The van der Waals surface area contributed by atoms with Crippen LogP contribution < -0.4 is 19.6 Å². The van der Waals surface area contributed by atoms with E-state index in [9.17, 15) is 28.3 Å². The van der Waals surface area contributed by atoms with Crippen molar-refractivity contribution in [1.29, 1.82) is 0 Å². The highest BCUT2D eigenvalue weighted by molar-refractivity contribution is 6.31. The van der Waals surface area contributed by atoms with Gasteiger partial charge in [0.2, 0.25) is 11.9 Å². The summed E-state index contributed by atoms with van der Waals surface area (Å²) >= 11 is 18.8. The van der Waals surface area contributed by atoms with Crippen LogP contribution >= 0.6 is 34.8 Å². The molecule has 18 rings (SSSR count). The van der Waals surface area contributed by atoms with E-state index in [-0.39, 0.29) is 28.9 Å². The Morgan fingerprint density at radius 2 is 0.736 bits per heavy atom. The Morgan fingerprint density at radius 1 is 0.436 bits per heavy atom. The van der Waals surface area contributed by atoms with Crippen LogP contribution in [-0.2, 0) is 59.5 Å². The van der Waals surface area contributed by atoms with Crippen LogP contribution in [0.4, 0.5) is 43.4 Å². The fourth-order valence-electron chi connectivity index (χ4n) is 20.9. The average molecular weight is 1960 g/mol. The summed E-state index contributed by atoms with van der Waals surface area (Å²) < 4.78 is 62.6. The Hall–Kier alpha value is -11.6.